The first-order chi connectivity index (χ1) is 14.6. The molecule has 0 spiro atoms. The molecule has 0 unspecified atom stereocenters. The Morgan fingerprint density at radius 2 is 1.65 bits per heavy atom. The van der Waals surface area contributed by atoms with Gasteiger partial charge in [-0.1, -0.05) is 30.3 Å². The Morgan fingerprint density at radius 3 is 2.23 bits per heavy atom. The highest BCUT2D eigenvalue weighted by Crippen LogP contribution is 2.25. The van der Waals surface area contributed by atoms with E-state index in [4.69, 9.17) is 4.74 Å². The number of anilines is 1. The summed E-state index contributed by atoms with van der Waals surface area (Å²) in [7, 11) is 0. The van der Waals surface area contributed by atoms with Gasteiger partial charge in [-0.15, -0.1) is 0 Å². The zero-order chi connectivity index (χ0) is 22.8. The largest absolute Gasteiger partial charge is 0.444 e. The number of amides is 1. The lowest BCUT2D eigenvalue weighted by Crippen LogP contribution is -2.27. The molecule has 0 fully saturated rings. The molecule has 0 atom stereocenters. The fourth-order valence-electron chi connectivity index (χ4n) is 3.44. The number of ether oxygens (including phenoxy) is 1. The number of nitrogens with one attached hydrogen (secondary N) is 1. The summed E-state index contributed by atoms with van der Waals surface area (Å²) in [6, 6.07) is 17.3. The minimum absolute atomic E-state index is 0.111. The van der Waals surface area contributed by atoms with Crippen LogP contribution >= 0.6 is 15.9 Å². The number of carbonyl (C=O) groups is 1. The van der Waals surface area contributed by atoms with E-state index in [-0.39, 0.29) is 5.56 Å². The van der Waals surface area contributed by atoms with Gasteiger partial charge in [0.05, 0.1) is 4.47 Å². The minimum Gasteiger partial charge on any atom is -0.444 e. The molecule has 0 aliphatic carbocycles. The highest BCUT2D eigenvalue weighted by molar-refractivity contribution is 9.10. The Labute approximate surface area is 191 Å². The number of hydrogen-bond donors (Lipinski definition) is 1. The molecule has 0 bridgehead atoms. The standard InChI is InChI=1S/C25H27BrN2O3/c1-16-21(15-18-9-7-6-8-10-18)17(2)28(23(29)22(16)26)20-13-11-19(12-14-20)27-24(30)31-25(3,4)5/h6-14H,15H2,1-5H3,(H,27,30). The molecular weight excluding hydrogens is 456 g/mol. The molecule has 0 aliphatic rings. The van der Waals surface area contributed by atoms with Crippen LogP contribution in [0.4, 0.5) is 10.5 Å². The predicted octanol–water partition coefficient (Wildman–Crippen LogP) is 6.15. The SMILES string of the molecule is Cc1c(Cc2ccccc2)c(C)n(-c2ccc(NC(=O)OC(C)(C)C)cc2)c(=O)c1Br. The maximum atomic E-state index is 13.1. The topological polar surface area (TPSA) is 60.3 Å². The zero-order valence-electron chi connectivity index (χ0n) is 18.5. The second-order valence-corrected chi connectivity index (χ2v) is 9.27. The minimum atomic E-state index is -0.572. The molecule has 1 N–H and O–H groups in total. The van der Waals surface area contributed by atoms with Gasteiger partial charge in [0.2, 0.25) is 0 Å². The van der Waals surface area contributed by atoms with E-state index in [1.54, 1.807) is 16.7 Å². The van der Waals surface area contributed by atoms with Crippen LogP contribution < -0.4 is 10.9 Å². The summed E-state index contributed by atoms with van der Waals surface area (Å²) >= 11 is 3.49. The monoisotopic (exact) mass is 482 g/mol. The van der Waals surface area contributed by atoms with Gasteiger partial charge in [0.1, 0.15) is 5.60 Å². The van der Waals surface area contributed by atoms with Gasteiger partial charge in [0, 0.05) is 17.1 Å². The van der Waals surface area contributed by atoms with Gasteiger partial charge >= 0.3 is 6.09 Å². The third kappa shape index (κ3) is 5.44. The molecule has 5 nitrogen and oxygen atoms in total. The fourth-order valence-corrected chi connectivity index (χ4v) is 3.85. The summed E-state index contributed by atoms with van der Waals surface area (Å²) in [5, 5.41) is 2.71. The maximum Gasteiger partial charge on any atom is 0.412 e. The molecule has 0 saturated heterocycles. The van der Waals surface area contributed by atoms with E-state index in [0.717, 1.165) is 28.9 Å². The number of carbonyl (C=O) groups excluding carboxylic acids is 1. The molecule has 6 heteroatoms. The lowest BCUT2D eigenvalue weighted by atomic mass is 9.99. The van der Waals surface area contributed by atoms with Crippen LogP contribution in [0, 0.1) is 13.8 Å². The van der Waals surface area contributed by atoms with Crippen molar-refractivity contribution < 1.29 is 9.53 Å². The van der Waals surface area contributed by atoms with Crippen molar-refractivity contribution in [1.29, 1.82) is 0 Å². The molecule has 1 heterocycles. The second kappa shape index (κ2) is 9.10. The Bertz CT molecular complexity index is 1140. The van der Waals surface area contributed by atoms with Crippen LogP contribution in [0.2, 0.25) is 0 Å². The van der Waals surface area contributed by atoms with Crippen LogP contribution in [0.1, 0.15) is 43.2 Å². The molecule has 162 valence electrons. The Hall–Kier alpha value is -2.86. The van der Waals surface area contributed by atoms with E-state index in [2.05, 4.69) is 33.4 Å². The first kappa shape index (κ1) is 22.8. The third-order valence-electron chi connectivity index (χ3n) is 4.94. The lowest BCUT2D eigenvalue weighted by molar-refractivity contribution is 0.0636. The van der Waals surface area contributed by atoms with Gasteiger partial charge in [-0.25, -0.2) is 4.79 Å². The molecule has 0 radical (unpaired) electrons. The van der Waals surface area contributed by atoms with Crippen molar-refractivity contribution in [3.05, 3.63) is 91.8 Å². The van der Waals surface area contributed by atoms with Crippen LogP contribution in [0.25, 0.3) is 5.69 Å². The van der Waals surface area contributed by atoms with Gasteiger partial charge in [0.25, 0.3) is 5.56 Å². The van der Waals surface area contributed by atoms with Crippen LogP contribution in [0.3, 0.4) is 0 Å². The second-order valence-electron chi connectivity index (χ2n) is 8.48. The number of aromatic nitrogens is 1. The molecular formula is C25H27BrN2O3. The van der Waals surface area contributed by atoms with Crippen molar-refractivity contribution in [2.75, 3.05) is 5.32 Å². The Kier molecular flexibility index (Phi) is 6.70. The lowest BCUT2D eigenvalue weighted by Gasteiger charge is -2.20. The van der Waals surface area contributed by atoms with Crippen molar-refractivity contribution in [2.45, 2.75) is 46.6 Å². The predicted molar refractivity (Wildman–Crippen MR) is 128 cm³/mol. The zero-order valence-corrected chi connectivity index (χ0v) is 20.0. The highest BCUT2D eigenvalue weighted by Gasteiger charge is 2.18. The third-order valence-corrected chi connectivity index (χ3v) is 5.87. The van der Waals surface area contributed by atoms with Crippen molar-refractivity contribution in [3.8, 4) is 5.69 Å². The average Bonchev–Trinajstić information content (AvgIpc) is 2.70. The maximum absolute atomic E-state index is 13.1. The quantitative estimate of drug-likeness (QED) is 0.484. The number of benzene rings is 2. The van der Waals surface area contributed by atoms with Gasteiger partial charge in [-0.3, -0.25) is 14.7 Å². The van der Waals surface area contributed by atoms with Crippen LogP contribution in [0.15, 0.2) is 63.9 Å². The average molecular weight is 483 g/mol. The Balaban J connectivity index is 1.95. The van der Waals surface area contributed by atoms with Gasteiger partial charge in [0.15, 0.2) is 0 Å². The normalized spacial score (nSPS) is 11.3. The number of nitrogens with zero attached hydrogens (tertiary/aromatic N) is 1. The molecule has 0 saturated carbocycles. The van der Waals surface area contributed by atoms with E-state index < -0.39 is 11.7 Å². The number of rotatable bonds is 4. The van der Waals surface area contributed by atoms with E-state index in [0.29, 0.717) is 10.2 Å². The highest BCUT2D eigenvalue weighted by atomic mass is 79.9. The summed E-state index contributed by atoms with van der Waals surface area (Å²) in [6.07, 6.45) is 0.215. The number of hydrogen-bond acceptors (Lipinski definition) is 3. The van der Waals surface area contributed by atoms with Gasteiger partial charge in [-0.05, 0) is 97.9 Å². The molecule has 1 aromatic heterocycles. The van der Waals surface area contributed by atoms with Crippen molar-refractivity contribution in [1.82, 2.24) is 4.57 Å². The van der Waals surface area contributed by atoms with E-state index >= 15 is 0 Å². The van der Waals surface area contributed by atoms with E-state index in [1.165, 1.54) is 5.56 Å². The molecule has 1 amide bonds. The van der Waals surface area contributed by atoms with Crippen molar-refractivity contribution >= 4 is 27.7 Å². The summed E-state index contributed by atoms with van der Waals surface area (Å²) < 4.78 is 7.54. The van der Waals surface area contributed by atoms with Gasteiger partial charge < -0.3 is 4.74 Å². The first-order valence-corrected chi connectivity index (χ1v) is 10.9. The number of halogens is 1. The fraction of sp³-hybridized carbons (Fsp3) is 0.280. The molecule has 31 heavy (non-hydrogen) atoms. The number of pyridine rings is 1. The van der Waals surface area contributed by atoms with E-state index in [1.807, 2.05) is 65.0 Å². The van der Waals surface area contributed by atoms with Crippen LogP contribution in [-0.4, -0.2) is 16.3 Å². The van der Waals surface area contributed by atoms with Crippen molar-refractivity contribution in [2.24, 2.45) is 0 Å². The molecule has 2 aromatic carbocycles. The Morgan fingerprint density at radius 1 is 1.03 bits per heavy atom. The van der Waals surface area contributed by atoms with E-state index in [9.17, 15) is 9.59 Å². The summed E-state index contributed by atoms with van der Waals surface area (Å²) in [5.41, 5.74) is 4.77. The smallest absolute Gasteiger partial charge is 0.412 e. The van der Waals surface area contributed by atoms with Crippen LogP contribution in [-0.2, 0) is 11.2 Å². The van der Waals surface area contributed by atoms with Crippen molar-refractivity contribution in [3.63, 3.8) is 0 Å². The summed E-state index contributed by atoms with van der Waals surface area (Å²) in [4.78, 5) is 25.1. The molecule has 3 rings (SSSR count). The molecule has 0 aliphatic heterocycles. The van der Waals surface area contributed by atoms with Gasteiger partial charge in [-0.2, -0.15) is 0 Å². The first-order valence-electron chi connectivity index (χ1n) is 10.1. The van der Waals surface area contributed by atoms with Crippen LogP contribution in [0.5, 0.6) is 0 Å². The molecule has 3 aromatic rings. The summed E-state index contributed by atoms with van der Waals surface area (Å²) in [5.74, 6) is 0. The summed E-state index contributed by atoms with van der Waals surface area (Å²) in [6.45, 7) is 9.37.